The topological polar surface area (TPSA) is 175 Å². The average molecular weight is 1200 g/mol. The highest BCUT2D eigenvalue weighted by atomic mass is 16.7. The van der Waals surface area contributed by atoms with Crippen LogP contribution >= 0.6 is 0 Å². The van der Waals surface area contributed by atoms with Gasteiger partial charge in [0.25, 0.3) is 0 Å². The Morgan fingerprint density at radius 2 is 0.713 bits per heavy atom. The van der Waals surface area contributed by atoms with E-state index >= 15 is 0 Å². The number of carbonyl (C=O) groups is 4. The molecule has 12 nitrogen and oxygen atoms in total. The van der Waals surface area contributed by atoms with E-state index in [0.717, 1.165) is 116 Å². The Hall–Kier alpha value is -6.70. The molecule has 1 saturated heterocycles. The Morgan fingerprint density at radius 1 is 0.379 bits per heavy atom. The molecular weight excluding hydrogens is 1090 g/mol. The molecule has 0 bridgehead atoms. The molecule has 0 aromatic rings. The summed E-state index contributed by atoms with van der Waals surface area (Å²) in [6.07, 6.45) is 80.9. The molecule has 0 spiro atoms. The van der Waals surface area contributed by atoms with Crippen molar-refractivity contribution in [3.8, 4) is 0 Å². The summed E-state index contributed by atoms with van der Waals surface area (Å²) in [5, 5.41) is 31.6. The van der Waals surface area contributed by atoms with Crippen molar-refractivity contribution in [2.45, 2.75) is 225 Å². The molecular formula is C75H108O12. The van der Waals surface area contributed by atoms with Gasteiger partial charge in [-0.15, -0.1) is 0 Å². The van der Waals surface area contributed by atoms with Crippen LogP contribution in [0.5, 0.6) is 0 Å². The van der Waals surface area contributed by atoms with Crippen LogP contribution in [0.25, 0.3) is 0 Å². The van der Waals surface area contributed by atoms with Crippen LogP contribution in [-0.4, -0.2) is 89.2 Å². The van der Waals surface area contributed by atoms with E-state index in [1.807, 2.05) is 24.3 Å². The fourth-order valence-corrected chi connectivity index (χ4v) is 8.09. The van der Waals surface area contributed by atoms with Crippen LogP contribution in [0.2, 0.25) is 0 Å². The van der Waals surface area contributed by atoms with Crippen molar-refractivity contribution in [3.63, 3.8) is 0 Å². The third-order valence-electron chi connectivity index (χ3n) is 12.9. The minimum absolute atomic E-state index is 0.00375. The summed E-state index contributed by atoms with van der Waals surface area (Å²) in [7, 11) is 0. The molecule has 1 aliphatic heterocycles. The zero-order chi connectivity index (χ0) is 63.1. The first-order chi connectivity index (χ1) is 42.6. The lowest BCUT2D eigenvalue weighted by atomic mass is 9.98. The van der Waals surface area contributed by atoms with Crippen LogP contribution < -0.4 is 0 Å². The summed E-state index contributed by atoms with van der Waals surface area (Å²) in [6.45, 7) is 5.49. The highest BCUT2D eigenvalue weighted by molar-refractivity contribution is 5.74. The lowest BCUT2D eigenvalue weighted by Gasteiger charge is -2.40. The summed E-state index contributed by atoms with van der Waals surface area (Å²) in [6, 6.07) is 0. The standard InChI is InChI=1S/C75H108O12/c1-4-7-10-13-16-19-22-25-28-31-34-37-40-43-46-49-52-55-58-61-67(76)83-64-66(85-68(77)62-59-56-53-50-47-44-41-38-35-32-29-26-23-20-17-14-11-8-5-2)65-84-75-73(71(80)70(79)72(87-75)74(81)82)86-69(78)63-60-57-54-51-48-45-42-39-36-33-30-27-24-21-18-15-12-9-6-3/h7-12,16-21,25-30,34-39,43-48,52-53,55-56,66,70-73,75,79-80H,4-6,13-15,22-24,31-33,40-42,49-51,54,57-65H2,1-3H3,(H,81,82)/b10-7-,11-8-,12-9-,19-16-,20-17-,21-18-,28-25-,29-26-,30-27-,37-34-,38-35-,39-36-,46-43-,47-44-,48-45-,55-52-,56-53-. The van der Waals surface area contributed by atoms with Gasteiger partial charge in [-0.3, -0.25) is 14.4 Å². The second kappa shape index (κ2) is 59.6. The fraction of sp³-hybridized carbons (Fsp3) is 0.493. The van der Waals surface area contributed by atoms with Gasteiger partial charge in [0.2, 0.25) is 0 Å². The van der Waals surface area contributed by atoms with Crippen LogP contribution in [0, 0.1) is 0 Å². The summed E-state index contributed by atoms with van der Waals surface area (Å²) >= 11 is 0. The second-order valence-corrected chi connectivity index (χ2v) is 20.5. The molecule has 480 valence electrons. The maximum atomic E-state index is 13.2. The minimum Gasteiger partial charge on any atom is -0.479 e. The van der Waals surface area contributed by atoms with Gasteiger partial charge < -0.3 is 39.0 Å². The van der Waals surface area contributed by atoms with Crippen LogP contribution in [0.4, 0.5) is 0 Å². The molecule has 0 aliphatic carbocycles. The minimum atomic E-state index is -1.95. The molecule has 1 rings (SSSR count). The maximum absolute atomic E-state index is 13.2. The fourth-order valence-electron chi connectivity index (χ4n) is 8.09. The molecule has 87 heavy (non-hydrogen) atoms. The highest BCUT2D eigenvalue weighted by Gasteiger charge is 2.50. The molecule has 3 N–H and O–H groups in total. The van der Waals surface area contributed by atoms with Gasteiger partial charge in [0.1, 0.15) is 18.8 Å². The quantitative estimate of drug-likeness (QED) is 0.0228. The molecule has 6 atom stereocenters. The van der Waals surface area contributed by atoms with E-state index in [1.54, 1.807) is 0 Å². The number of hydrogen-bond acceptors (Lipinski definition) is 11. The average Bonchev–Trinajstić information content (AvgIpc) is 2.56. The van der Waals surface area contributed by atoms with Crippen molar-refractivity contribution in [1.29, 1.82) is 0 Å². The van der Waals surface area contributed by atoms with Gasteiger partial charge in [0, 0.05) is 19.3 Å². The predicted octanol–water partition coefficient (Wildman–Crippen LogP) is 17.6. The summed E-state index contributed by atoms with van der Waals surface area (Å²) in [4.78, 5) is 51.3. The van der Waals surface area contributed by atoms with Crippen molar-refractivity contribution in [2.75, 3.05) is 13.2 Å². The number of carboxylic acids is 1. The molecule has 1 fully saturated rings. The number of esters is 3. The Labute approximate surface area is 524 Å². The Morgan fingerprint density at radius 3 is 1.07 bits per heavy atom. The van der Waals surface area contributed by atoms with E-state index in [2.05, 4.69) is 203 Å². The first-order valence-corrected chi connectivity index (χ1v) is 32.1. The number of aliphatic carboxylic acids is 1. The largest absolute Gasteiger partial charge is 0.479 e. The number of unbranched alkanes of at least 4 members (excludes halogenated alkanes) is 3. The van der Waals surface area contributed by atoms with Gasteiger partial charge in [-0.1, -0.05) is 234 Å². The van der Waals surface area contributed by atoms with E-state index in [1.165, 1.54) is 0 Å². The number of carbonyl (C=O) groups excluding carboxylic acids is 3. The van der Waals surface area contributed by atoms with Crippen molar-refractivity contribution < 1.29 is 58.2 Å². The van der Waals surface area contributed by atoms with Crippen molar-refractivity contribution >= 4 is 23.9 Å². The number of hydrogen-bond donors (Lipinski definition) is 3. The molecule has 12 heteroatoms. The van der Waals surface area contributed by atoms with Gasteiger partial charge in [-0.05, 0) is 141 Å². The first-order valence-electron chi connectivity index (χ1n) is 32.1. The van der Waals surface area contributed by atoms with Gasteiger partial charge in [0.05, 0.1) is 6.61 Å². The SMILES string of the molecule is CC/C=C\C/C=C\C/C=C\C/C=C\C/C=C\C/C=C\CCC(=O)OCC(COC1OC(C(=O)O)C(O)C(O)C1OC(=O)CCCCC/C=C\C/C=C\C/C=C\C/C=C\C/C=C\CC)OC(=O)CC/C=C\C/C=C\C/C=C\C/C=C\C/C=C\C/C=C\CC. The van der Waals surface area contributed by atoms with Crippen molar-refractivity contribution in [2.24, 2.45) is 0 Å². The Bertz CT molecular complexity index is 2310. The normalized spacial score (nSPS) is 18.7. The molecule has 0 aromatic heterocycles. The van der Waals surface area contributed by atoms with E-state index in [0.29, 0.717) is 32.1 Å². The van der Waals surface area contributed by atoms with Gasteiger partial charge in [0.15, 0.2) is 24.6 Å². The van der Waals surface area contributed by atoms with Gasteiger partial charge in [-0.25, -0.2) is 4.79 Å². The first kappa shape index (κ1) is 78.3. The summed E-state index contributed by atoms with van der Waals surface area (Å²) in [5.74, 6) is -3.43. The van der Waals surface area contributed by atoms with E-state index < -0.39 is 73.9 Å². The predicted molar refractivity (Wildman–Crippen MR) is 357 cm³/mol. The van der Waals surface area contributed by atoms with Gasteiger partial charge >= 0.3 is 23.9 Å². The Balaban J connectivity index is 2.81. The third-order valence-corrected chi connectivity index (χ3v) is 12.9. The third kappa shape index (κ3) is 49.0. The smallest absolute Gasteiger partial charge is 0.335 e. The maximum Gasteiger partial charge on any atom is 0.335 e. The lowest BCUT2D eigenvalue weighted by Crippen LogP contribution is -2.61. The summed E-state index contributed by atoms with van der Waals surface area (Å²) in [5.41, 5.74) is 0. The molecule has 6 unspecified atom stereocenters. The Kier molecular flexibility index (Phi) is 53.7. The number of ether oxygens (including phenoxy) is 5. The van der Waals surface area contributed by atoms with Crippen LogP contribution in [0.3, 0.4) is 0 Å². The van der Waals surface area contributed by atoms with Crippen LogP contribution in [0.1, 0.15) is 188 Å². The van der Waals surface area contributed by atoms with Crippen molar-refractivity contribution in [1.82, 2.24) is 0 Å². The molecule has 0 aromatic carbocycles. The lowest BCUT2D eigenvalue weighted by molar-refractivity contribution is -0.301. The molecule has 0 saturated carbocycles. The molecule has 1 aliphatic rings. The zero-order valence-electron chi connectivity index (χ0n) is 52.9. The highest BCUT2D eigenvalue weighted by Crippen LogP contribution is 2.26. The number of aliphatic hydroxyl groups excluding tert-OH is 2. The number of rotatable bonds is 51. The molecule has 0 amide bonds. The molecule has 1 heterocycles. The molecule has 0 radical (unpaired) electrons. The second-order valence-electron chi connectivity index (χ2n) is 20.5. The number of aliphatic hydroxyl groups is 2. The van der Waals surface area contributed by atoms with E-state index in [4.69, 9.17) is 23.7 Å². The van der Waals surface area contributed by atoms with E-state index in [-0.39, 0.29) is 19.3 Å². The van der Waals surface area contributed by atoms with E-state index in [9.17, 15) is 34.5 Å². The van der Waals surface area contributed by atoms with Crippen molar-refractivity contribution in [3.05, 3.63) is 207 Å². The van der Waals surface area contributed by atoms with Crippen LogP contribution in [-0.2, 0) is 42.9 Å². The summed E-state index contributed by atoms with van der Waals surface area (Å²) < 4.78 is 28.3. The van der Waals surface area contributed by atoms with Crippen LogP contribution in [0.15, 0.2) is 207 Å². The zero-order valence-corrected chi connectivity index (χ0v) is 52.9. The van der Waals surface area contributed by atoms with Gasteiger partial charge in [-0.2, -0.15) is 0 Å². The number of carboxylic acid groups (broad SMARTS) is 1. The number of allylic oxidation sites excluding steroid dienone is 34. The monoisotopic (exact) mass is 1200 g/mol.